The minimum absolute atomic E-state index is 0.0407. The van der Waals surface area contributed by atoms with Crippen LogP contribution in [-0.2, 0) is 9.53 Å². The molecular weight excluding hydrogens is 298 g/mol. The number of benzene rings is 1. The zero-order chi connectivity index (χ0) is 16.7. The summed E-state index contributed by atoms with van der Waals surface area (Å²) in [4.78, 5) is 13.8. The molecule has 1 N–H and O–H groups in total. The topological polar surface area (TPSA) is 68.2 Å². The van der Waals surface area contributed by atoms with Crippen LogP contribution >= 0.6 is 0 Å². The van der Waals surface area contributed by atoms with Gasteiger partial charge in [0, 0.05) is 32.2 Å². The number of hydrogen-bond acceptors (Lipinski definition) is 5. The van der Waals surface area contributed by atoms with E-state index in [2.05, 4.69) is 0 Å². The van der Waals surface area contributed by atoms with E-state index in [0.717, 1.165) is 0 Å². The molecule has 0 spiro atoms. The van der Waals surface area contributed by atoms with E-state index in [4.69, 9.17) is 14.2 Å². The number of likely N-dealkylation sites (tertiary alicyclic amines) is 1. The van der Waals surface area contributed by atoms with E-state index in [1.165, 1.54) is 0 Å². The molecule has 1 aromatic rings. The van der Waals surface area contributed by atoms with E-state index in [1.54, 1.807) is 18.1 Å². The van der Waals surface area contributed by atoms with Crippen LogP contribution in [-0.4, -0.2) is 61.5 Å². The summed E-state index contributed by atoms with van der Waals surface area (Å²) in [6.45, 7) is 3.54. The van der Waals surface area contributed by atoms with Gasteiger partial charge in [-0.3, -0.25) is 4.79 Å². The van der Waals surface area contributed by atoms with Crippen molar-refractivity contribution in [3.05, 3.63) is 24.3 Å². The van der Waals surface area contributed by atoms with Crippen molar-refractivity contribution in [1.82, 2.24) is 4.90 Å². The van der Waals surface area contributed by atoms with Gasteiger partial charge in [-0.1, -0.05) is 6.07 Å². The Morgan fingerprint density at radius 1 is 1.30 bits per heavy atom. The van der Waals surface area contributed by atoms with Gasteiger partial charge >= 0.3 is 0 Å². The first-order valence-electron chi connectivity index (χ1n) is 7.98. The zero-order valence-corrected chi connectivity index (χ0v) is 13.7. The van der Waals surface area contributed by atoms with Crippen molar-refractivity contribution in [2.75, 3.05) is 33.4 Å². The first-order valence-corrected chi connectivity index (χ1v) is 7.98. The number of carbonyl (C=O) groups is 1. The van der Waals surface area contributed by atoms with E-state index in [0.29, 0.717) is 44.0 Å². The molecule has 1 fully saturated rings. The maximum absolute atomic E-state index is 12.0. The molecule has 1 aromatic carbocycles. The third-order valence-electron chi connectivity index (χ3n) is 3.92. The lowest BCUT2D eigenvalue weighted by Gasteiger charge is -2.22. The van der Waals surface area contributed by atoms with Crippen molar-refractivity contribution >= 4 is 5.91 Å². The summed E-state index contributed by atoms with van der Waals surface area (Å²) in [6, 6.07) is 7.30. The summed E-state index contributed by atoms with van der Waals surface area (Å²) in [5, 5.41) is 10.3. The van der Waals surface area contributed by atoms with Gasteiger partial charge in [0.05, 0.1) is 13.2 Å². The fourth-order valence-corrected chi connectivity index (χ4v) is 2.58. The summed E-state index contributed by atoms with van der Waals surface area (Å²) < 4.78 is 16.2. The van der Waals surface area contributed by atoms with E-state index in [-0.39, 0.29) is 18.6 Å². The Morgan fingerprint density at radius 2 is 2.04 bits per heavy atom. The maximum Gasteiger partial charge on any atom is 0.248 e. The average molecular weight is 323 g/mol. The monoisotopic (exact) mass is 323 g/mol. The van der Waals surface area contributed by atoms with Gasteiger partial charge in [0.1, 0.15) is 24.2 Å². The summed E-state index contributed by atoms with van der Waals surface area (Å²) >= 11 is 0. The zero-order valence-electron chi connectivity index (χ0n) is 13.7. The van der Waals surface area contributed by atoms with Gasteiger partial charge in [-0.2, -0.15) is 0 Å². The number of methoxy groups -OCH3 is 1. The van der Waals surface area contributed by atoms with Gasteiger partial charge in [-0.05, 0) is 25.5 Å². The normalized spacial score (nSPS) is 21.6. The lowest BCUT2D eigenvalue weighted by atomic mass is 10.1. The van der Waals surface area contributed by atoms with E-state index in [9.17, 15) is 9.90 Å². The van der Waals surface area contributed by atoms with Crippen LogP contribution in [0.2, 0.25) is 0 Å². The summed E-state index contributed by atoms with van der Waals surface area (Å²) in [7, 11) is 1.60. The molecule has 2 atom stereocenters. The van der Waals surface area contributed by atoms with Crippen LogP contribution < -0.4 is 9.47 Å². The highest BCUT2D eigenvalue weighted by molar-refractivity contribution is 5.77. The second-order valence-corrected chi connectivity index (χ2v) is 5.50. The molecule has 6 heteroatoms. The molecular formula is C17H25NO5. The van der Waals surface area contributed by atoms with Crippen LogP contribution in [0.5, 0.6) is 11.5 Å². The third-order valence-corrected chi connectivity index (χ3v) is 3.92. The van der Waals surface area contributed by atoms with Gasteiger partial charge < -0.3 is 24.2 Å². The number of nitrogens with zero attached hydrogens (tertiary/aromatic N) is 1. The second-order valence-electron chi connectivity index (χ2n) is 5.50. The summed E-state index contributed by atoms with van der Waals surface area (Å²) in [5.74, 6) is 1.32. The molecule has 0 bridgehead atoms. The molecule has 23 heavy (non-hydrogen) atoms. The smallest absolute Gasteiger partial charge is 0.248 e. The minimum atomic E-state index is -0.605. The third kappa shape index (κ3) is 5.11. The van der Waals surface area contributed by atoms with Crippen LogP contribution in [0.25, 0.3) is 0 Å². The van der Waals surface area contributed by atoms with Gasteiger partial charge in [0.25, 0.3) is 0 Å². The standard InChI is InChI=1S/C17H25NO5/c1-3-22-12-17(20)18-9-7-15(19)16(8-10-18)23-14-6-4-5-13(11-14)21-2/h4-6,11,15-16,19H,3,7-10,12H2,1-2H3/t15-,16-/m0/s1. The second kappa shape index (κ2) is 8.74. The molecule has 1 aliphatic rings. The van der Waals surface area contributed by atoms with E-state index < -0.39 is 6.10 Å². The molecule has 2 rings (SSSR count). The number of ether oxygens (including phenoxy) is 3. The Morgan fingerprint density at radius 3 is 2.78 bits per heavy atom. The quantitative estimate of drug-likeness (QED) is 0.858. The number of amides is 1. The fraction of sp³-hybridized carbons (Fsp3) is 0.588. The lowest BCUT2D eigenvalue weighted by molar-refractivity contribution is -0.136. The molecule has 0 unspecified atom stereocenters. The Labute approximate surface area is 136 Å². The maximum atomic E-state index is 12.0. The van der Waals surface area contributed by atoms with Crippen molar-refractivity contribution in [3.8, 4) is 11.5 Å². The first-order chi connectivity index (χ1) is 11.1. The van der Waals surface area contributed by atoms with Crippen molar-refractivity contribution in [2.45, 2.75) is 32.0 Å². The fourth-order valence-electron chi connectivity index (χ4n) is 2.58. The Balaban J connectivity index is 1.94. The van der Waals surface area contributed by atoms with Gasteiger partial charge in [-0.15, -0.1) is 0 Å². The predicted molar refractivity (Wildman–Crippen MR) is 85.7 cm³/mol. The molecule has 6 nitrogen and oxygen atoms in total. The van der Waals surface area contributed by atoms with Crippen LogP contribution in [0.1, 0.15) is 19.8 Å². The van der Waals surface area contributed by atoms with Crippen molar-refractivity contribution in [1.29, 1.82) is 0 Å². The predicted octanol–water partition coefficient (Wildman–Crippen LogP) is 1.46. The van der Waals surface area contributed by atoms with E-state index in [1.807, 2.05) is 25.1 Å². The Bertz CT molecular complexity index is 508. The lowest BCUT2D eigenvalue weighted by Crippen LogP contribution is -2.35. The number of aliphatic hydroxyl groups excluding tert-OH is 1. The Kier molecular flexibility index (Phi) is 6.67. The largest absolute Gasteiger partial charge is 0.497 e. The van der Waals surface area contributed by atoms with Crippen molar-refractivity contribution in [3.63, 3.8) is 0 Å². The first kappa shape index (κ1) is 17.6. The highest BCUT2D eigenvalue weighted by Gasteiger charge is 2.28. The Hall–Kier alpha value is -1.79. The number of aliphatic hydroxyl groups is 1. The van der Waals surface area contributed by atoms with Crippen molar-refractivity contribution in [2.24, 2.45) is 0 Å². The molecule has 0 aliphatic carbocycles. The van der Waals surface area contributed by atoms with Gasteiger partial charge in [-0.25, -0.2) is 0 Å². The number of rotatable bonds is 6. The highest BCUT2D eigenvalue weighted by Crippen LogP contribution is 2.23. The molecule has 128 valence electrons. The van der Waals surface area contributed by atoms with Crippen molar-refractivity contribution < 1.29 is 24.1 Å². The molecule has 1 heterocycles. The number of carbonyl (C=O) groups excluding carboxylic acids is 1. The van der Waals surface area contributed by atoms with Crippen LogP contribution in [0.3, 0.4) is 0 Å². The highest BCUT2D eigenvalue weighted by atomic mass is 16.5. The molecule has 1 amide bonds. The average Bonchev–Trinajstić information content (AvgIpc) is 2.75. The van der Waals surface area contributed by atoms with Crippen LogP contribution in [0.15, 0.2) is 24.3 Å². The minimum Gasteiger partial charge on any atom is -0.497 e. The molecule has 0 radical (unpaired) electrons. The van der Waals surface area contributed by atoms with Gasteiger partial charge in [0.15, 0.2) is 0 Å². The molecule has 0 saturated carbocycles. The molecule has 1 saturated heterocycles. The summed E-state index contributed by atoms with van der Waals surface area (Å²) in [5.41, 5.74) is 0. The SMILES string of the molecule is CCOCC(=O)N1CC[C@H](Oc2cccc(OC)c2)[C@@H](O)CC1. The van der Waals surface area contributed by atoms with Crippen LogP contribution in [0, 0.1) is 0 Å². The summed E-state index contributed by atoms with van der Waals surface area (Å²) in [6.07, 6.45) is 0.126. The molecule has 0 aromatic heterocycles. The van der Waals surface area contributed by atoms with Crippen LogP contribution in [0.4, 0.5) is 0 Å². The number of hydrogen-bond donors (Lipinski definition) is 1. The van der Waals surface area contributed by atoms with E-state index >= 15 is 0 Å². The van der Waals surface area contributed by atoms with Gasteiger partial charge in [0.2, 0.25) is 5.91 Å². The molecule has 1 aliphatic heterocycles.